The standard InChI is InChI=1S/C16H24O7/c1-12(18)6-4-8-16(20)23-13(2)10-15(22-11-21-3)14(19)7-5-9-17/h4-5,7-9,12-13,15,18H,6,10-11H2,1-3H3/b7-5+,8-4+/t12-,13-,15-/m1/s1. The molecule has 1 N–H and O–H groups in total. The van der Waals surface area contributed by atoms with Crippen molar-refractivity contribution in [2.24, 2.45) is 0 Å². The van der Waals surface area contributed by atoms with Gasteiger partial charge < -0.3 is 19.3 Å². The Bertz CT molecular complexity index is 426. The molecule has 7 heteroatoms. The predicted molar refractivity (Wildman–Crippen MR) is 82.6 cm³/mol. The Hall–Kier alpha value is -1.83. The van der Waals surface area contributed by atoms with E-state index in [9.17, 15) is 14.4 Å². The second kappa shape index (κ2) is 12.7. The van der Waals surface area contributed by atoms with Crippen LogP contribution >= 0.6 is 0 Å². The molecule has 3 atom stereocenters. The van der Waals surface area contributed by atoms with E-state index in [0.717, 1.165) is 12.2 Å². The number of hydrogen-bond donors (Lipinski definition) is 1. The van der Waals surface area contributed by atoms with Crippen molar-refractivity contribution in [1.29, 1.82) is 0 Å². The zero-order valence-electron chi connectivity index (χ0n) is 13.6. The maximum absolute atomic E-state index is 11.9. The van der Waals surface area contributed by atoms with Gasteiger partial charge in [0.05, 0.1) is 6.10 Å². The Morgan fingerprint density at radius 3 is 2.48 bits per heavy atom. The van der Waals surface area contributed by atoms with Gasteiger partial charge >= 0.3 is 5.97 Å². The number of hydrogen-bond acceptors (Lipinski definition) is 7. The van der Waals surface area contributed by atoms with Crippen LogP contribution in [0.25, 0.3) is 0 Å². The van der Waals surface area contributed by atoms with Gasteiger partial charge in [0.2, 0.25) is 0 Å². The number of esters is 1. The van der Waals surface area contributed by atoms with Crippen LogP contribution in [0.15, 0.2) is 24.3 Å². The summed E-state index contributed by atoms with van der Waals surface area (Å²) in [5.74, 6) is -0.985. The topological polar surface area (TPSA) is 99.1 Å². The fourth-order valence-corrected chi connectivity index (χ4v) is 1.61. The van der Waals surface area contributed by atoms with Gasteiger partial charge in [0.25, 0.3) is 0 Å². The van der Waals surface area contributed by atoms with Crippen molar-refractivity contribution >= 4 is 18.0 Å². The Morgan fingerprint density at radius 1 is 1.22 bits per heavy atom. The Balaban J connectivity index is 4.51. The first kappa shape index (κ1) is 21.2. The van der Waals surface area contributed by atoms with E-state index in [4.69, 9.17) is 19.3 Å². The number of carbonyl (C=O) groups is 3. The molecule has 0 aliphatic rings. The van der Waals surface area contributed by atoms with Crippen molar-refractivity contribution in [3.05, 3.63) is 24.3 Å². The van der Waals surface area contributed by atoms with Crippen LogP contribution in [0.3, 0.4) is 0 Å². The third kappa shape index (κ3) is 11.4. The largest absolute Gasteiger partial charge is 0.459 e. The number of methoxy groups -OCH3 is 1. The number of rotatable bonds is 12. The second-order valence-electron chi connectivity index (χ2n) is 4.93. The molecule has 0 radical (unpaired) electrons. The van der Waals surface area contributed by atoms with Crippen molar-refractivity contribution in [3.63, 3.8) is 0 Å². The third-order valence-corrected chi connectivity index (χ3v) is 2.64. The van der Waals surface area contributed by atoms with Crippen molar-refractivity contribution in [2.45, 2.75) is 45.0 Å². The molecule has 23 heavy (non-hydrogen) atoms. The van der Waals surface area contributed by atoms with Crippen LogP contribution in [0.5, 0.6) is 0 Å². The second-order valence-corrected chi connectivity index (χ2v) is 4.93. The molecule has 0 saturated carbocycles. The van der Waals surface area contributed by atoms with Crippen molar-refractivity contribution in [3.8, 4) is 0 Å². The van der Waals surface area contributed by atoms with Crippen LogP contribution in [0.2, 0.25) is 0 Å². The van der Waals surface area contributed by atoms with E-state index in [1.54, 1.807) is 13.8 Å². The van der Waals surface area contributed by atoms with E-state index in [0.29, 0.717) is 12.7 Å². The van der Waals surface area contributed by atoms with Crippen LogP contribution in [0.1, 0.15) is 26.7 Å². The summed E-state index contributed by atoms with van der Waals surface area (Å²) in [5, 5.41) is 9.08. The molecular weight excluding hydrogens is 304 g/mol. The molecule has 0 spiro atoms. The van der Waals surface area contributed by atoms with Crippen LogP contribution < -0.4 is 0 Å². The van der Waals surface area contributed by atoms with E-state index >= 15 is 0 Å². The summed E-state index contributed by atoms with van der Waals surface area (Å²) in [6.45, 7) is 3.13. The average Bonchev–Trinajstić information content (AvgIpc) is 2.48. The minimum Gasteiger partial charge on any atom is -0.459 e. The predicted octanol–water partition coefficient (Wildman–Crippen LogP) is 0.949. The van der Waals surface area contributed by atoms with Crippen LogP contribution in [-0.2, 0) is 28.6 Å². The summed E-state index contributed by atoms with van der Waals surface area (Å²) in [6, 6.07) is 0. The summed E-state index contributed by atoms with van der Waals surface area (Å²) in [5.41, 5.74) is 0. The van der Waals surface area contributed by atoms with Crippen molar-refractivity contribution in [1.82, 2.24) is 0 Å². The first-order valence-corrected chi connectivity index (χ1v) is 7.22. The van der Waals surface area contributed by atoms with Gasteiger partial charge in [0.1, 0.15) is 25.3 Å². The number of aliphatic hydroxyl groups excluding tert-OH is 1. The zero-order valence-corrected chi connectivity index (χ0v) is 13.6. The van der Waals surface area contributed by atoms with Gasteiger partial charge in [-0.3, -0.25) is 9.59 Å². The molecule has 0 aliphatic heterocycles. The van der Waals surface area contributed by atoms with E-state index < -0.39 is 30.1 Å². The fraction of sp³-hybridized carbons (Fsp3) is 0.562. The van der Waals surface area contributed by atoms with Gasteiger partial charge in [-0.2, -0.15) is 0 Å². The smallest absolute Gasteiger partial charge is 0.330 e. The Labute approximate surface area is 135 Å². The Kier molecular flexibility index (Phi) is 11.7. The summed E-state index contributed by atoms with van der Waals surface area (Å²) in [7, 11) is 1.42. The average molecular weight is 328 g/mol. The number of ether oxygens (including phenoxy) is 3. The van der Waals surface area contributed by atoms with E-state index in [1.807, 2.05) is 0 Å². The molecular formula is C16H24O7. The first-order chi connectivity index (χ1) is 10.9. The summed E-state index contributed by atoms with van der Waals surface area (Å²) < 4.78 is 15.1. The monoisotopic (exact) mass is 328 g/mol. The highest BCUT2D eigenvalue weighted by Crippen LogP contribution is 2.09. The first-order valence-electron chi connectivity index (χ1n) is 7.22. The van der Waals surface area contributed by atoms with E-state index in [1.165, 1.54) is 19.3 Å². The Morgan fingerprint density at radius 2 is 1.91 bits per heavy atom. The summed E-state index contributed by atoms with van der Waals surface area (Å²) in [6.07, 6.45) is 3.88. The number of aldehydes is 1. The van der Waals surface area contributed by atoms with Gasteiger partial charge in [-0.1, -0.05) is 6.08 Å². The lowest BCUT2D eigenvalue weighted by molar-refractivity contribution is -0.149. The van der Waals surface area contributed by atoms with Crippen molar-refractivity contribution < 1.29 is 33.7 Å². The minimum atomic E-state index is -0.879. The summed E-state index contributed by atoms with van der Waals surface area (Å²) >= 11 is 0. The van der Waals surface area contributed by atoms with Gasteiger partial charge in [-0.15, -0.1) is 0 Å². The number of carbonyl (C=O) groups excluding carboxylic acids is 3. The van der Waals surface area contributed by atoms with Gasteiger partial charge in [-0.05, 0) is 32.4 Å². The van der Waals surface area contributed by atoms with Gasteiger partial charge in [-0.25, -0.2) is 4.79 Å². The zero-order chi connectivity index (χ0) is 17.7. The quantitative estimate of drug-likeness (QED) is 0.246. The lowest BCUT2D eigenvalue weighted by atomic mass is 10.1. The highest BCUT2D eigenvalue weighted by atomic mass is 16.7. The molecule has 0 amide bonds. The number of allylic oxidation sites excluding steroid dienone is 1. The number of aliphatic hydroxyl groups is 1. The third-order valence-electron chi connectivity index (χ3n) is 2.64. The van der Waals surface area contributed by atoms with Crippen LogP contribution in [0, 0.1) is 0 Å². The maximum Gasteiger partial charge on any atom is 0.330 e. The SMILES string of the molecule is COCO[C@H](C[C@@H](C)OC(=O)/C=C/C[C@@H](C)O)C(=O)/C=C/C=O. The molecule has 0 aromatic rings. The van der Waals surface area contributed by atoms with Crippen LogP contribution in [-0.4, -0.2) is 55.4 Å². The lowest BCUT2D eigenvalue weighted by Crippen LogP contribution is -2.29. The normalized spacial score (nSPS) is 15.5. The molecule has 0 aromatic heterocycles. The van der Waals surface area contributed by atoms with Crippen LogP contribution in [0.4, 0.5) is 0 Å². The van der Waals surface area contributed by atoms with Crippen molar-refractivity contribution in [2.75, 3.05) is 13.9 Å². The van der Waals surface area contributed by atoms with E-state index in [-0.39, 0.29) is 13.2 Å². The molecule has 0 rings (SSSR count). The molecule has 0 fully saturated rings. The molecule has 0 aromatic carbocycles. The highest BCUT2D eigenvalue weighted by Gasteiger charge is 2.21. The fourth-order valence-electron chi connectivity index (χ4n) is 1.61. The maximum atomic E-state index is 11.9. The molecule has 7 nitrogen and oxygen atoms in total. The van der Waals surface area contributed by atoms with Gasteiger partial charge in [0, 0.05) is 19.6 Å². The minimum absolute atomic E-state index is 0.0969. The molecule has 0 aliphatic carbocycles. The lowest BCUT2D eigenvalue weighted by Gasteiger charge is -2.19. The number of ketones is 1. The molecule has 130 valence electrons. The summed E-state index contributed by atoms with van der Waals surface area (Å²) in [4.78, 5) is 33.7. The molecule has 0 saturated heterocycles. The van der Waals surface area contributed by atoms with Gasteiger partial charge in [0.15, 0.2) is 5.78 Å². The molecule has 0 unspecified atom stereocenters. The highest BCUT2D eigenvalue weighted by molar-refractivity contribution is 5.96. The molecule has 0 bridgehead atoms. The molecule has 0 heterocycles. The van der Waals surface area contributed by atoms with E-state index in [2.05, 4.69) is 0 Å².